The summed E-state index contributed by atoms with van der Waals surface area (Å²) in [6, 6.07) is 2.09. The van der Waals surface area contributed by atoms with Gasteiger partial charge >= 0.3 is 0 Å². The number of hydrogen-bond donors (Lipinski definition) is 0. The maximum atomic E-state index is 6.47. The fourth-order valence-corrected chi connectivity index (χ4v) is 3.99. The first-order chi connectivity index (χ1) is 13.0. The minimum Gasteiger partial charge on any atom is -0.496 e. The Labute approximate surface area is 167 Å². The summed E-state index contributed by atoms with van der Waals surface area (Å²) in [4.78, 5) is 0. The third-order valence-corrected chi connectivity index (χ3v) is 6.02. The second kappa shape index (κ2) is 10.8. The first-order valence-corrected chi connectivity index (χ1v) is 11.1. The van der Waals surface area contributed by atoms with Crippen molar-refractivity contribution in [2.45, 2.75) is 104 Å². The van der Waals surface area contributed by atoms with E-state index in [0.29, 0.717) is 0 Å². The third kappa shape index (κ3) is 6.30. The van der Waals surface area contributed by atoms with Crippen molar-refractivity contribution in [1.82, 2.24) is 0 Å². The summed E-state index contributed by atoms with van der Waals surface area (Å²) in [5, 5.41) is 0. The molecule has 1 aromatic rings. The van der Waals surface area contributed by atoms with Crippen LogP contribution in [-0.4, -0.2) is 12.7 Å². The minimum absolute atomic E-state index is 0.182. The van der Waals surface area contributed by atoms with Crippen LogP contribution in [0.4, 0.5) is 0 Å². The molecule has 0 spiro atoms. The molecule has 1 atom stereocenters. The van der Waals surface area contributed by atoms with E-state index in [-0.39, 0.29) is 5.60 Å². The number of benzene rings is 1. The molecule has 1 unspecified atom stereocenters. The van der Waals surface area contributed by atoms with E-state index < -0.39 is 0 Å². The lowest BCUT2D eigenvalue weighted by Gasteiger charge is -2.33. The SMILES string of the molecule is CCCCCCCCCCCCC1(C)C=Cc2cc(OC)c(C)c(C)c2O1. The molecule has 0 bridgehead atoms. The van der Waals surface area contributed by atoms with Crippen molar-refractivity contribution < 1.29 is 9.47 Å². The van der Waals surface area contributed by atoms with Crippen LogP contribution in [0.1, 0.15) is 101 Å². The smallest absolute Gasteiger partial charge is 0.131 e. The molecule has 0 radical (unpaired) electrons. The van der Waals surface area contributed by atoms with Crippen LogP contribution in [0.2, 0.25) is 0 Å². The van der Waals surface area contributed by atoms with Crippen molar-refractivity contribution in [3.8, 4) is 11.5 Å². The number of unbranched alkanes of at least 4 members (excludes halogenated alkanes) is 9. The molecule has 0 fully saturated rings. The summed E-state index contributed by atoms with van der Waals surface area (Å²) < 4.78 is 12.0. The van der Waals surface area contributed by atoms with E-state index in [1.807, 2.05) is 0 Å². The summed E-state index contributed by atoms with van der Waals surface area (Å²) in [7, 11) is 1.73. The molecule has 152 valence electrons. The van der Waals surface area contributed by atoms with Gasteiger partial charge < -0.3 is 9.47 Å². The van der Waals surface area contributed by atoms with Gasteiger partial charge in [0, 0.05) is 5.56 Å². The van der Waals surface area contributed by atoms with Crippen molar-refractivity contribution >= 4 is 6.08 Å². The molecule has 0 saturated carbocycles. The van der Waals surface area contributed by atoms with E-state index in [1.165, 1.54) is 75.3 Å². The second-order valence-corrected chi connectivity index (χ2v) is 8.43. The first kappa shape index (κ1) is 21.9. The predicted molar refractivity (Wildman–Crippen MR) is 117 cm³/mol. The highest BCUT2D eigenvalue weighted by atomic mass is 16.5. The van der Waals surface area contributed by atoms with E-state index in [0.717, 1.165) is 23.5 Å². The van der Waals surface area contributed by atoms with Crippen LogP contribution < -0.4 is 9.47 Å². The molecule has 27 heavy (non-hydrogen) atoms. The van der Waals surface area contributed by atoms with Crippen LogP contribution >= 0.6 is 0 Å². The largest absolute Gasteiger partial charge is 0.496 e. The van der Waals surface area contributed by atoms with Gasteiger partial charge in [0.2, 0.25) is 0 Å². The van der Waals surface area contributed by atoms with Gasteiger partial charge in [-0.1, -0.05) is 70.8 Å². The molecule has 1 heterocycles. The molecule has 1 aliphatic heterocycles. The maximum absolute atomic E-state index is 6.47. The molecule has 2 rings (SSSR count). The number of fused-ring (bicyclic) bond motifs is 1. The van der Waals surface area contributed by atoms with Crippen molar-refractivity contribution in [1.29, 1.82) is 0 Å². The summed E-state index contributed by atoms with van der Waals surface area (Å²) in [6.07, 6.45) is 19.2. The third-order valence-electron chi connectivity index (χ3n) is 6.02. The molecular weight excluding hydrogens is 332 g/mol. The molecule has 2 nitrogen and oxygen atoms in total. The first-order valence-electron chi connectivity index (χ1n) is 11.1. The van der Waals surface area contributed by atoms with Gasteiger partial charge in [0.05, 0.1) is 7.11 Å². The van der Waals surface area contributed by atoms with Crippen molar-refractivity contribution in [3.63, 3.8) is 0 Å². The molecule has 1 aromatic carbocycles. The second-order valence-electron chi connectivity index (χ2n) is 8.43. The minimum atomic E-state index is -0.182. The van der Waals surface area contributed by atoms with Crippen molar-refractivity contribution in [2.75, 3.05) is 7.11 Å². The van der Waals surface area contributed by atoms with Crippen LogP contribution in [0, 0.1) is 13.8 Å². The van der Waals surface area contributed by atoms with Crippen molar-refractivity contribution in [3.05, 3.63) is 28.8 Å². The van der Waals surface area contributed by atoms with E-state index >= 15 is 0 Å². The predicted octanol–water partition coefficient (Wildman–Crippen LogP) is 7.79. The van der Waals surface area contributed by atoms with Crippen molar-refractivity contribution in [2.24, 2.45) is 0 Å². The summed E-state index contributed by atoms with van der Waals surface area (Å²) in [6.45, 7) is 8.75. The van der Waals surface area contributed by atoms with Crippen LogP contribution in [-0.2, 0) is 0 Å². The van der Waals surface area contributed by atoms with E-state index in [2.05, 4.69) is 45.9 Å². The molecule has 0 saturated heterocycles. The van der Waals surface area contributed by atoms with Gasteiger partial charge in [-0.25, -0.2) is 0 Å². The summed E-state index contributed by atoms with van der Waals surface area (Å²) in [5.41, 5.74) is 3.32. The quantitative estimate of drug-likeness (QED) is 0.349. The van der Waals surface area contributed by atoms with Gasteiger partial charge in [0.1, 0.15) is 17.1 Å². The molecule has 1 aliphatic rings. The van der Waals surface area contributed by atoms with Gasteiger partial charge in [-0.3, -0.25) is 0 Å². The van der Waals surface area contributed by atoms with Gasteiger partial charge in [0.25, 0.3) is 0 Å². The highest BCUT2D eigenvalue weighted by Crippen LogP contribution is 2.40. The van der Waals surface area contributed by atoms with E-state index in [9.17, 15) is 0 Å². The lowest BCUT2D eigenvalue weighted by Crippen LogP contribution is -2.32. The van der Waals surface area contributed by atoms with Gasteiger partial charge in [0.15, 0.2) is 0 Å². The van der Waals surface area contributed by atoms with E-state index in [1.54, 1.807) is 7.11 Å². The highest BCUT2D eigenvalue weighted by Gasteiger charge is 2.29. The van der Waals surface area contributed by atoms with Gasteiger partial charge in [-0.05, 0) is 56.9 Å². The monoisotopic (exact) mass is 372 g/mol. The Morgan fingerprint density at radius 2 is 1.48 bits per heavy atom. The fourth-order valence-electron chi connectivity index (χ4n) is 3.99. The summed E-state index contributed by atoms with van der Waals surface area (Å²) in [5.74, 6) is 1.98. The number of hydrogen-bond acceptors (Lipinski definition) is 2. The van der Waals surface area contributed by atoms with Crippen LogP contribution in [0.5, 0.6) is 11.5 Å². The Balaban J connectivity index is 1.74. The number of rotatable bonds is 12. The van der Waals surface area contributed by atoms with Crippen LogP contribution in [0.3, 0.4) is 0 Å². The topological polar surface area (TPSA) is 18.5 Å². The Bertz CT molecular complexity index is 617. The average Bonchev–Trinajstić information content (AvgIpc) is 2.66. The highest BCUT2D eigenvalue weighted by molar-refractivity contribution is 5.67. The zero-order valence-electron chi connectivity index (χ0n) is 18.3. The van der Waals surface area contributed by atoms with Crippen LogP contribution in [0.15, 0.2) is 12.1 Å². The molecule has 0 N–H and O–H groups in total. The molecule has 0 aliphatic carbocycles. The van der Waals surface area contributed by atoms with Gasteiger partial charge in [-0.15, -0.1) is 0 Å². The Kier molecular flexibility index (Phi) is 8.73. The fraction of sp³-hybridized carbons (Fsp3) is 0.680. The molecule has 2 heteroatoms. The lowest BCUT2D eigenvalue weighted by molar-refractivity contribution is 0.122. The standard InChI is InChI=1S/C25H40O2/c1-6-7-8-9-10-11-12-13-14-15-17-25(4)18-16-22-19-23(26-5)20(2)21(3)24(22)27-25/h16,18-19H,6-15,17H2,1-5H3. The lowest BCUT2D eigenvalue weighted by atomic mass is 9.91. The molecule has 0 amide bonds. The summed E-state index contributed by atoms with van der Waals surface area (Å²) >= 11 is 0. The zero-order chi connectivity index (χ0) is 19.7. The number of methoxy groups -OCH3 is 1. The Morgan fingerprint density at radius 1 is 0.889 bits per heavy atom. The molecular formula is C25H40O2. The zero-order valence-corrected chi connectivity index (χ0v) is 18.3. The molecule has 0 aromatic heterocycles. The maximum Gasteiger partial charge on any atom is 0.131 e. The van der Waals surface area contributed by atoms with Crippen LogP contribution in [0.25, 0.3) is 6.08 Å². The Morgan fingerprint density at radius 3 is 2.07 bits per heavy atom. The van der Waals surface area contributed by atoms with Gasteiger partial charge in [-0.2, -0.15) is 0 Å². The average molecular weight is 373 g/mol. The number of ether oxygens (including phenoxy) is 2. The normalized spacial score (nSPS) is 18.3. The Hall–Kier alpha value is -1.44. The van der Waals surface area contributed by atoms with E-state index in [4.69, 9.17) is 9.47 Å².